The maximum Gasteiger partial charge on any atom is 0.117 e. The van der Waals surface area contributed by atoms with Crippen LogP contribution < -0.4 is 0 Å². The van der Waals surface area contributed by atoms with E-state index in [1.54, 1.807) is 6.26 Å². The lowest BCUT2D eigenvalue weighted by molar-refractivity contribution is 0.251. The van der Waals surface area contributed by atoms with Crippen LogP contribution in [0.25, 0.3) is 0 Å². The Hall–Kier alpha value is -0.410. The zero-order valence-electron chi connectivity index (χ0n) is 9.48. The van der Waals surface area contributed by atoms with Crippen molar-refractivity contribution in [2.24, 2.45) is 0 Å². The van der Waals surface area contributed by atoms with E-state index in [0.29, 0.717) is 0 Å². The first-order chi connectivity index (χ1) is 7.36. The van der Waals surface area contributed by atoms with Crippen molar-refractivity contribution in [3.05, 3.63) is 24.2 Å². The predicted octanol–water partition coefficient (Wildman–Crippen LogP) is 3.20. The summed E-state index contributed by atoms with van der Waals surface area (Å²) in [6.45, 7) is 5.37. The van der Waals surface area contributed by atoms with Crippen LogP contribution in [0.3, 0.4) is 0 Å². The Morgan fingerprint density at radius 3 is 2.80 bits per heavy atom. The van der Waals surface area contributed by atoms with Crippen LogP contribution in [0.5, 0.6) is 0 Å². The van der Waals surface area contributed by atoms with Gasteiger partial charge in [0.05, 0.1) is 12.8 Å². The molecule has 0 N–H and O–H groups in total. The third-order valence-electron chi connectivity index (χ3n) is 2.54. The van der Waals surface area contributed by atoms with Gasteiger partial charge in [-0.15, -0.1) is 0 Å². The Bertz CT molecular complexity index is 236. The number of thiol groups is 1. The summed E-state index contributed by atoms with van der Waals surface area (Å²) in [6.07, 6.45) is 5.50. The lowest BCUT2D eigenvalue weighted by Crippen LogP contribution is -2.23. The topological polar surface area (TPSA) is 16.4 Å². The lowest BCUT2D eigenvalue weighted by Gasteiger charge is -2.18. The highest BCUT2D eigenvalue weighted by Gasteiger charge is 2.04. The van der Waals surface area contributed by atoms with Gasteiger partial charge in [0.2, 0.25) is 0 Å². The Morgan fingerprint density at radius 1 is 1.33 bits per heavy atom. The zero-order chi connectivity index (χ0) is 10.9. The molecule has 1 aromatic heterocycles. The van der Waals surface area contributed by atoms with E-state index in [4.69, 9.17) is 4.42 Å². The third kappa shape index (κ3) is 5.28. The standard InChI is InChI=1S/C12H21NOS/c1-2-13(8-4-3-5-10-15)11-12-7-6-9-14-12/h6-7,9,15H,2-5,8,10-11H2,1H3. The van der Waals surface area contributed by atoms with E-state index in [9.17, 15) is 0 Å². The van der Waals surface area contributed by atoms with Crippen LogP contribution >= 0.6 is 12.6 Å². The molecule has 3 heteroatoms. The van der Waals surface area contributed by atoms with E-state index in [-0.39, 0.29) is 0 Å². The highest BCUT2D eigenvalue weighted by atomic mass is 32.1. The molecule has 0 saturated carbocycles. The van der Waals surface area contributed by atoms with Crippen molar-refractivity contribution < 1.29 is 4.42 Å². The van der Waals surface area contributed by atoms with Crippen LogP contribution in [0.1, 0.15) is 31.9 Å². The third-order valence-corrected chi connectivity index (χ3v) is 2.86. The highest BCUT2D eigenvalue weighted by molar-refractivity contribution is 7.80. The second-order valence-corrected chi connectivity index (χ2v) is 4.18. The molecule has 0 atom stereocenters. The molecule has 0 aliphatic heterocycles. The molecule has 0 aromatic carbocycles. The van der Waals surface area contributed by atoms with Crippen LogP contribution in [0, 0.1) is 0 Å². The van der Waals surface area contributed by atoms with Crippen molar-refractivity contribution >= 4 is 12.6 Å². The Balaban J connectivity index is 2.18. The number of rotatable bonds is 8. The molecule has 0 aliphatic carbocycles. The van der Waals surface area contributed by atoms with Gasteiger partial charge in [0.25, 0.3) is 0 Å². The first kappa shape index (κ1) is 12.7. The van der Waals surface area contributed by atoms with Crippen molar-refractivity contribution in [3.63, 3.8) is 0 Å². The van der Waals surface area contributed by atoms with Gasteiger partial charge < -0.3 is 4.42 Å². The van der Waals surface area contributed by atoms with Gasteiger partial charge in [0.1, 0.15) is 5.76 Å². The van der Waals surface area contributed by atoms with Crippen LogP contribution in [0.15, 0.2) is 22.8 Å². The minimum Gasteiger partial charge on any atom is -0.468 e. The molecule has 1 rings (SSSR count). The van der Waals surface area contributed by atoms with Gasteiger partial charge in [0, 0.05) is 0 Å². The summed E-state index contributed by atoms with van der Waals surface area (Å²) < 4.78 is 5.34. The Morgan fingerprint density at radius 2 is 2.20 bits per heavy atom. The molecule has 1 aromatic rings. The number of hydrogen-bond donors (Lipinski definition) is 1. The van der Waals surface area contributed by atoms with Crippen LogP contribution in [-0.4, -0.2) is 23.7 Å². The first-order valence-electron chi connectivity index (χ1n) is 5.72. The van der Waals surface area contributed by atoms with E-state index < -0.39 is 0 Å². The molecule has 0 bridgehead atoms. The van der Waals surface area contributed by atoms with Gasteiger partial charge in [0.15, 0.2) is 0 Å². The monoisotopic (exact) mass is 227 g/mol. The number of furan rings is 1. The Labute approximate surface area is 98.1 Å². The quantitative estimate of drug-likeness (QED) is 0.542. The first-order valence-corrected chi connectivity index (χ1v) is 6.35. The smallest absolute Gasteiger partial charge is 0.117 e. The van der Waals surface area contributed by atoms with Gasteiger partial charge in [-0.3, -0.25) is 4.90 Å². The molecule has 0 unspecified atom stereocenters. The molecule has 0 saturated heterocycles. The summed E-state index contributed by atoms with van der Waals surface area (Å²) in [5, 5.41) is 0. The molecule has 0 radical (unpaired) electrons. The lowest BCUT2D eigenvalue weighted by atomic mass is 10.2. The summed E-state index contributed by atoms with van der Waals surface area (Å²) >= 11 is 4.21. The molecule has 0 amide bonds. The van der Waals surface area contributed by atoms with Gasteiger partial charge in [-0.25, -0.2) is 0 Å². The summed E-state index contributed by atoms with van der Waals surface area (Å²) in [7, 11) is 0. The molecule has 86 valence electrons. The fourth-order valence-corrected chi connectivity index (χ4v) is 1.82. The molecule has 1 heterocycles. The second kappa shape index (κ2) is 7.83. The van der Waals surface area contributed by atoms with Crippen LogP contribution in [0.2, 0.25) is 0 Å². The van der Waals surface area contributed by atoms with E-state index >= 15 is 0 Å². The minimum absolute atomic E-state index is 0.935. The average Bonchev–Trinajstić information content (AvgIpc) is 2.75. The van der Waals surface area contributed by atoms with Crippen LogP contribution in [0.4, 0.5) is 0 Å². The summed E-state index contributed by atoms with van der Waals surface area (Å²) in [5.41, 5.74) is 0. The van der Waals surface area contributed by atoms with Crippen molar-refractivity contribution in [1.82, 2.24) is 4.90 Å². The highest BCUT2D eigenvalue weighted by Crippen LogP contribution is 2.07. The van der Waals surface area contributed by atoms with Gasteiger partial charge in [-0.05, 0) is 43.8 Å². The van der Waals surface area contributed by atoms with E-state index in [1.807, 2.05) is 12.1 Å². The molecule has 0 aliphatic rings. The van der Waals surface area contributed by atoms with Crippen molar-refractivity contribution in [1.29, 1.82) is 0 Å². The predicted molar refractivity (Wildman–Crippen MR) is 67.4 cm³/mol. The maximum absolute atomic E-state index is 5.34. The van der Waals surface area contributed by atoms with Gasteiger partial charge in [-0.1, -0.05) is 13.3 Å². The second-order valence-electron chi connectivity index (χ2n) is 3.73. The molecule has 0 fully saturated rings. The maximum atomic E-state index is 5.34. The minimum atomic E-state index is 0.935. The summed E-state index contributed by atoms with van der Waals surface area (Å²) in [6, 6.07) is 3.99. The number of unbranched alkanes of at least 4 members (excludes halogenated alkanes) is 2. The van der Waals surface area contributed by atoms with Crippen molar-refractivity contribution in [2.45, 2.75) is 32.7 Å². The number of hydrogen-bond acceptors (Lipinski definition) is 3. The van der Waals surface area contributed by atoms with E-state index in [0.717, 1.165) is 31.1 Å². The van der Waals surface area contributed by atoms with Crippen molar-refractivity contribution in [2.75, 3.05) is 18.8 Å². The molecule has 0 spiro atoms. The van der Waals surface area contributed by atoms with E-state index in [1.165, 1.54) is 19.3 Å². The molecular weight excluding hydrogens is 206 g/mol. The fourth-order valence-electron chi connectivity index (χ4n) is 1.60. The largest absolute Gasteiger partial charge is 0.468 e. The molecule has 2 nitrogen and oxygen atoms in total. The van der Waals surface area contributed by atoms with Crippen LogP contribution in [-0.2, 0) is 6.54 Å². The van der Waals surface area contributed by atoms with Crippen molar-refractivity contribution in [3.8, 4) is 0 Å². The Kier molecular flexibility index (Phi) is 6.60. The summed E-state index contributed by atoms with van der Waals surface area (Å²) in [4.78, 5) is 2.41. The average molecular weight is 227 g/mol. The normalized spacial score (nSPS) is 11.1. The summed E-state index contributed by atoms with van der Waals surface area (Å²) in [5.74, 6) is 2.07. The van der Waals surface area contributed by atoms with Gasteiger partial charge in [-0.2, -0.15) is 12.6 Å². The van der Waals surface area contributed by atoms with Gasteiger partial charge >= 0.3 is 0 Å². The zero-order valence-corrected chi connectivity index (χ0v) is 10.4. The fraction of sp³-hybridized carbons (Fsp3) is 0.667. The SMILES string of the molecule is CCN(CCCCCS)Cc1ccco1. The molecule has 15 heavy (non-hydrogen) atoms. The van der Waals surface area contributed by atoms with E-state index in [2.05, 4.69) is 24.5 Å². The number of nitrogens with zero attached hydrogens (tertiary/aromatic N) is 1. The molecular formula is C12H21NOS.